The van der Waals surface area contributed by atoms with Gasteiger partial charge in [-0.2, -0.15) is 0 Å². The highest BCUT2D eigenvalue weighted by molar-refractivity contribution is 7.91. The van der Waals surface area contributed by atoms with Crippen molar-refractivity contribution in [3.63, 3.8) is 0 Å². The summed E-state index contributed by atoms with van der Waals surface area (Å²) < 4.78 is 27.6. The van der Waals surface area contributed by atoms with Gasteiger partial charge in [0, 0.05) is 17.5 Å². The Morgan fingerprint density at radius 1 is 1.37 bits per heavy atom. The van der Waals surface area contributed by atoms with Crippen LogP contribution in [-0.4, -0.2) is 21.0 Å². The first-order valence-corrected chi connectivity index (χ1v) is 9.18. The van der Waals surface area contributed by atoms with Crippen LogP contribution in [-0.2, 0) is 16.6 Å². The van der Waals surface area contributed by atoms with E-state index in [1.807, 2.05) is 13.0 Å². The van der Waals surface area contributed by atoms with E-state index in [0.717, 1.165) is 37.2 Å². The highest BCUT2D eigenvalue weighted by atomic mass is 32.2. The van der Waals surface area contributed by atoms with E-state index >= 15 is 0 Å². The Bertz CT molecular complexity index is 510. The minimum atomic E-state index is -3.31. The molecule has 0 spiro atoms. The zero-order valence-electron chi connectivity index (χ0n) is 11.5. The first kappa shape index (κ1) is 15.0. The molecular weight excluding hydrogens is 280 g/mol. The second-order valence-electron chi connectivity index (χ2n) is 5.01. The molecule has 108 valence electrons. The van der Waals surface area contributed by atoms with Crippen molar-refractivity contribution >= 4 is 21.4 Å². The predicted octanol–water partition coefficient (Wildman–Crippen LogP) is 2.32. The van der Waals surface area contributed by atoms with Crippen LogP contribution in [0.4, 0.5) is 0 Å². The standard InChI is InChI=1S/C13H22N2O2S2/c1-3-5-10-8-12(10)15-19(16,17)13-7-6-11(18-13)9-14-4-2/h6-7,10,12,14-15H,3-5,8-9H2,1-2H3. The average Bonchev–Trinajstić information content (AvgIpc) is 2.91. The molecule has 1 fully saturated rings. The van der Waals surface area contributed by atoms with E-state index in [-0.39, 0.29) is 6.04 Å². The predicted molar refractivity (Wildman–Crippen MR) is 78.8 cm³/mol. The van der Waals surface area contributed by atoms with Crippen molar-refractivity contribution in [1.82, 2.24) is 10.0 Å². The van der Waals surface area contributed by atoms with E-state index in [0.29, 0.717) is 10.1 Å². The highest BCUT2D eigenvalue weighted by Gasteiger charge is 2.39. The third kappa shape index (κ3) is 4.02. The fourth-order valence-electron chi connectivity index (χ4n) is 2.19. The van der Waals surface area contributed by atoms with E-state index in [1.54, 1.807) is 6.07 Å². The Morgan fingerprint density at radius 2 is 2.16 bits per heavy atom. The molecule has 1 heterocycles. The minimum Gasteiger partial charge on any atom is -0.312 e. The molecule has 6 heteroatoms. The molecule has 1 saturated carbocycles. The average molecular weight is 302 g/mol. The molecule has 2 atom stereocenters. The fourth-order valence-corrected chi connectivity index (χ4v) is 4.84. The number of sulfonamides is 1. The maximum Gasteiger partial charge on any atom is 0.250 e. The molecule has 1 aliphatic rings. The molecule has 0 bridgehead atoms. The van der Waals surface area contributed by atoms with Crippen molar-refractivity contribution in [1.29, 1.82) is 0 Å². The first-order valence-electron chi connectivity index (χ1n) is 6.88. The molecule has 1 aromatic rings. The molecule has 19 heavy (non-hydrogen) atoms. The van der Waals surface area contributed by atoms with Gasteiger partial charge in [0.25, 0.3) is 0 Å². The molecule has 0 aliphatic heterocycles. The normalized spacial score (nSPS) is 22.6. The lowest BCUT2D eigenvalue weighted by Gasteiger charge is -2.03. The van der Waals surface area contributed by atoms with E-state index in [2.05, 4.69) is 17.0 Å². The van der Waals surface area contributed by atoms with Gasteiger partial charge in [-0.1, -0.05) is 20.3 Å². The fraction of sp³-hybridized carbons (Fsp3) is 0.692. The molecule has 0 radical (unpaired) electrons. The molecule has 0 aromatic carbocycles. The highest BCUT2D eigenvalue weighted by Crippen LogP contribution is 2.36. The summed E-state index contributed by atoms with van der Waals surface area (Å²) >= 11 is 1.35. The molecule has 4 nitrogen and oxygen atoms in total. The summed E-state index contributed by atoms with van der Waals surface area (Å²) in [5.41, 5.74) is 0. The van der Waals surface area contributed by atoms with Gasteiger partial charge in [0.1, 0.15) is 4.21 Å². The number of nitrogens with one attached hydrogen (secondary N) is 2. The minimum absolute atomic E-state index is 0.157. The maximum absolute atomic E-state index is 12.2. The molecule has 1 aromatic heterocycles. The van der Waals surface area contributed by atoms with Crippen LogP contribution in [0.5, 0.6) is 0 Å². The van der Waals surface area contributed by atoms with Gasteiger partial charge in [-0.15, -0.1) is 11.3 Å². The number of hydrogen-bond acceptors (Lipinski definition) is 4. The number of hydrogen-bond donors (Lipinski definition) is 2. The van der Waals surface area contributed by atoms with Crippen molar-refractivity contribution in [3.8, 4) is 0 Å². The zero-order chi connectivity index (χ0) is 13.9. The Kier molecular flexibility index (Phi) is 5.00. The molecule has 0 saturated heterocycles. The summed E-state index contributed by atoms with van der Waals surface area (Å²) in [6, 6.07) is 3.75. The Labute approximate surface area is 119 Å². The zero-order valence-corrected chi connectivity index (χ0v) is 13.1. The van der Waals surface area contributed by atoms with Crippen molar-refractivity contribution < 1.29 is 8.42 Å². The van der Waals surface area contributed by atoms with Gasteiger partial charge in [-0.05, 0) is 37.4 Å². The van der Waals surface area contributed by atoms with Crippen LogP contribution < -0.4 is 10.0 Å². The summed E-state index contributed by atoms with van der Waals surface area (Å²) in [5.74, 6) is 0.543. The SMILES string of the molecule is CCCC1CC1NS(=O)(=O)c1ccc(CNCC)s1. The van der Waals surface area contributed by atoms with Crippen LogP contribution >= 0.6 is 11.3 Å². The summed E-state index contributed by atoms with van der Waals surface area (Å²) in [6.45, 7) is 5.79. The van der Waals surface area contributed by atoms with Gasteiger partial charge >= 0.3 is 0 Å². The second kappa shape index (κ2) is 6.35. The van der Waals surface area contributed by atoms with E-state index in [9.17, 15) is 8.42 Å². The molecule has 2 N–H and O–H groups in total. The third-order valence-corrected chi connectivity index (χ3v) is 6.41. The van der Waals surface area contributed by atoms with Gasteiger partial charge in [-0.25, -0.2) is 13.1 Å². The topological polar surface area (TPSA) is 58.2 Å². The van der Waals surface area contributed by atoms with E-state index in [4.69, 9.17) is 0 Å². The van der Waals surface area contributed by atoms with Crippen LogP contribution in [0.1, 0.15) is 38.0 Å². The van der Waals surface area contributed by atoms with Gasteiger partial charge in [0.05, 0.1) is 0 Å². The van der Waals surface area contributed by atoms with Crippen LogP contribution in [0.3, 0.4) is 0 Å². The molecule has 0 amide bonds. The van der Waals surface area contributed by atoms with Gasteiger partial charge in [-0.3, -0.25) is 0 Å². The maximum atomic E-state index is 12.2. The quantitative estimate of drug-likeness (QED) is 0.775. The Morgan fingerprint density at radius 3 is 2.84 bits per heavy atom. The van der Waals surface area contributed by atoms with Crippen molar-refractivity contribution in [2.45, 2.75) is 49.9 Å². The van der Waals surface area contributed by atoms with Gasteiger partial charge in [0.2, 0.25) is 10.0 Å². The smallest absolute Gasteiger partial charge is 0.250 e. The lowest BCUT2D eigenvalue weighted by atomic mass is 10.2. The largest absolute Gasteiger partial charge is 0.312 e. The summed E-state index contributed by atoms with van der Waals surface area (Å²) in [5, 5.41) is 3.20. The second-order valence-corrected chi connectivity index (χ2v) is 8.12. The monoisotopic (exact) mass is 302 g/mol. The lowest BCUT2D eigenvalue weighted by Crippen LogP contribution is -2.26. The molecule has 2 unspecified atom stereocenters. The molecular formula is C13H22N2O2S2. The summed E-state index contributed by atoms with van der Waals surface area (Å²) in [7, 11) is -3.31. The number of rotatable bonds is 8. The van der Waals surface area contributed by atoms with Crippen LogP contribution in [0.15, 0.2) is 16.3 Å². The van der Waals surface area contributed by atoms with Crippen LogP contribution in [0.25, 0.3) is 0 Å². The van der Waals surface area contributed by atoms with Crippen molar-refractivity contribution in [2.24, 2.45) is 5.92 Å². The lowest BCUT2D eigenvalue weighted by molar-refractivity contribution is 0.575. The molecule has 1 aliphatic carbocycles. The van der Waals surface area contributed by atoms with Gasteiger partial charge in [0.15, 0.2) is 0 Å². The van der Waals surface area contributed by atoms with Gasteiger partial charge < -0.3 is 5.32 Å². The van der Waals surface area contributed by atoms with Crippen LogP contribution in [0, 0.1) is 5.92 Å². The first-order chi connectivity index (χ1) is 9.06. The number of thiophene rings is 1. The summed E-state index contributed by atoms with van der Waals surface area (Å²) in [6.07, 6.45) is 3.22. The Balaban J connectivity index is 1.94. The van der Waals surface area contributed by atoms with Crippen LogP contribution in [0.2, 0.25) is 0 Å². The van der Waals surface area contributed by atoms with E-state index in [1.165, 1.54) is 11.3 Å². The molecule has 2 rings (SSSR count). The van der Waals surface area contributed by atoms with Crippen molar-refractivity contribution in [3.05, 3.63) is 17.0 Å². The summed E-state index contributed by atoms with van der Waals surface area (Å²) in [4.78, 5) is 1.06. The third-order valence-electron chi connectivity index (χ3n) is 3.34. The van der Waals surface area contributed by atoms with Crippen molar-refractivity contribution in [2.75, 3.05) is 6.54 Å². The van der Waals surface area contributed by atoms with E-state index < -0.39 is 10.0 Å². The Hall–Kier alpha value is -0.430.